The van der Waals surface area contributed by atoms with Crippen molar-refractivity contribution < 1.29 is 0 Å². The van der Waals surface area contributed by atoms with Crippen molar-refractivity contribution in [2.75, 3.05) is 17.7 Å². The van der Waals surface area contributed by atoms with E-state index < -0.39 is 0 Å². The highest BCUT2D eigenvalue weighted by molar-refractivity contribution is 7.80. The average Bonchev–Trinajstić information content (AvgIpc) is 2.03. The van der Waals surface area contributed by atoms with Crippen molar-refractivity contribution >= 4 is 24.1 Å². The Labute approximate surface area is 91.0 Å². The van der Waals surface area contributed by atoms with E-state index in [1.54, 1.807) is 6.20 Å². The molecule has 0 aromatic carbocycles. The van der Waals surface area contributed by atoms with Gasteiger partial charge < -0.3 is 10.6 Å². The lowest BCUT2D eigenvalue weighted by Crippen LogP contribution is -2.13. The normalized spacial score (nSPS) is 9.50. The SMILES string of the molecule is C.CNc1cnc(S)nc1NC(C)C. The maximum atomic E-state index is 4.16. The highest BCUT2D eigenvalue weighted by Gasteiger charge is 2.04. The molecule has 1 aromatic heterocycles. The zero-order valence-electron chi connectivity index (χ0n) is 8.00. The molecule has 5 heteroatoms. The van der Waals surface area contributed by atoms with Gasteiger partial charge >= 0.3 is 0 Å². The first-order valence-corrected chi connectivity index (χ1v) is 4.58. The molecule has 0 bridgehead atoms. The standard InChI is InChI=1S/C8H14N4S.CH4/c1-5(2)11-7-6(9-3)4-10-8(13)12-7;/h4-5,9H,1-3H3,(H2,10,11,12,13);1H4. The third kappa shape index (κ3) is 3.41. The number of anilines is 2. The van der Waals surface area contributed by atoms with Crippen molar-refractivity contribution in [3.63, 3.8) is 0 Å². The Morgan fingerprint density at radius 3 is 2.57 bits per heavy atom. The molecule has 1 aromatic rings. The van der Waals surface area contributed by atoms with E-state index in [1.807, 2.05) is 7.05 Å². The molecule has 1 heterocycles. The van der Waals surface area contributed by atoms with Crippen LogP contribution >= 0.6 is 12.6 Å². The van der Waals surface area contributed by atoms with Gasteiger partial charge in [-0.1, -0.05) is 7.43 Å². The third-order valence-electron chi connectivity index (χ3n) is 1.47. The van der Waals surface area contributed by atoms with Crippen LogP contribution in [0.3, 0.4) is 0 Å². The van der Waals surface area contributed by atoms with Crippen molar-refractivity contribution in [3.05, 3.63) is 6.20 Å². The second-order valence-corrected chi connectivity index (χ2v) is 3.38. The molecule has 80 valence electrons. The van der Waals surface area contributed by atoms with Gasteiger partial charge in [0.2, 0.25) is 0 Å². The summed E-state index contributed by atoms with van der Waals surface area (Å²) in [7, 11) is 1.84. The monoisotopic (exact) mass is 214 g/mol. The minimum absolute atomic E-state index is 0. The molecule has 0 fully saturated rings. The van der Waals surface area contributed by atoms with E-state index in [-0.39, 0.29) is 7.43 Å². The number of nitrogens with one attached hydrogen (secondary N) is 2. The fourth-order valence-corrected chi connectivity index (χ4v) is 1.10. The third-order valence-corrected chi connectivity index (χ3v) is 1.69. The molecule has 2 N–H and O–H groups in total. The van der Waals surface area contributed by atoms with Crippen LogP contribution in [-0.4, -0.2) is 23.1 Å². The minimum Gasteiger partial charge on any atom is -0.384 e. The minimum atomic E-state index is 0. The van der Waals surface area contributed by atoms with Crippen LogP contribution in [0.4, 0.5) is 11.5 Å². The molecule has 0 saturated heterocycles. The molecule has 0 aliphatic heterocycles. The topological polar surface area (TPSA) is 49.8 Å². The van der Waals surface area contributed by atoms with Gasteiger partial charge in [-0.15, -0.1) is 12.6 Å². The summed E-state index contributed by atoms with van der Waals surface area (Å²) in [5.74, 6) is 0.789. The summed E-state index contributed by atoms with van der Waals surface area (Å²) in [6.45, 7) is 4.11. The van der Waals surface area contributed by atoms with E-state index in [9.17, 15) is 0 Å². The van der Waals surface area contributed by atoms with Gasteiger partial charge in [-0.2, -0.15) is 0 Å². The van der Waals surface area contributed by atoms with Gasteiger partial charge in [0, 0.05) is 13.1 Å². The number of hydrogen-bond donors (Lipinski definition) is 3. The molecule has 0 radical (unpaired) electrons. The molecule has 14 heavy (non-hydrogen) atoms. The lowest BCUT2D eigenvalue weighted by atomic mass is 10.3. The lowest BCUT2D eigenvalue weighted by Gasteiger charge is -2.12. The Hall–Kier alpha value is -0.970. The predicted octanol–water partition coefficient (Wildman–Crippen LogP) is 2.26. The van der Waals surface area contributed by atoms with Gasteiger partial charge in [-0.05, 0) is 13.8 Å². The first-order chi connectivity index (χ1) is 6.13. The van der Waals surface area contributed by atoms with Gasteiger partial charge in [-0.25, -0.2) is 9.97 Å². The van der Waals surface area contributed by atoms with E-state index in [2.05, 4.69) is 47.1 Å². The molecule has 0 atom stereocenters. The van der Waals surface area contributed by atoms with Crippen LogP contribution in [0.25, 0.3) is 0 Å². The fourth-order valence-electron chi connectivity index (χ4n) is 0.939. The van der Waals surface area contributed by atoms with Crippen molar-refractivity contribution in [2.24, 2.45) is 0 Å². The summed E-state index contributed by atoms with van der Waals surface area (Å²) in [5.41, 5.74) is 0.881. The van der Waals surface area contributed by atoms with Gasteiger partial charge in [0.1, 0.15) is 0 Å². The summed E-state index contributed by atoms with van der Waals surface area (Å²) in [5, 5.41) is 6.68. The first-order valence-electron chi connectivity index (χ1n) is 4.13. The second-order valence-electron chi connectivity index (χ2n) is 2.98. The highest BCUT2D eigenvalue weighted by atomic mass is 32.1. The Morgan fingerprint density at radius 1 is 1.43 bits per heavy atom. The van der Waals surface area contributed by atoms with Crippen LogP contribution in [0.5, 0.6) is 0 Å². The number of thiol groups is 1. The molecule has 0 spiro atoms. The van der Waals surface area contributed by atoms with Gasteiger partial charge in [0.15, 0.2) is 11.0 Å². The molecule has 0 aliphatic rings. The van der Waals surface area contributed by atoms with E-state index in [1.165, 1.54) is 0 Å². The molecule has 4 nitrogen and oxygen atoms in total. The zero-order valence-corrected chi connectivity index (χ0v) is 8.89. The van der Waals surface area contributed by atoms with E-state index >= 15 is 0 Å². The smallest absolute Gasteiger partial charge is 0.186 e. The zero-order chi connectivity index (χ0) is 9.84. The van der Waals surface area contributed by atoms with Crippen LogP contribution in [0.1, 0.15) is 21.3 Å². The molecular weight excluding hydrogens is 196 g/mol. The predicted molar refractivity (Wildman–Crippen MR) is 64.3 cm³/mol. The largest absolute Gasteiger partial charge is 0.384 e. The van der Waals surface area contributed by atoms with Crippen LogP contribution in [-0.2, 0) is 0 Å². The number of hydrogen-bond acceptors (Lipinski definition) is 5. The van der Waals surface area contributed by atoms with Crippen molar-refractivity contribution in [2.45, 2.75) is 32.5 Å². The molecule has 0 aliphatic carbocycles. The first kappa shape index (κ1) is 13.0. The average molecular weight is 214 g/mol. The number of nitrogens with zero attached hydrogens (tertiary/aromatic N) is 2. The Kier molecular flexibility index (Phi) is 5.30. The van der Waals surface area contributed by atoms with Crippen molar-refractivity contribution in [1.29, 1.82) is 0 Å². The fraction of sp³-hybridized carbons (Fsp3) is 0.556. The van der Waals surface area contributed by atoms with E-state index in [4.69, 9.17) is 0 Å². The number of rotatable bonds is 3. The molecule has 1 rings (SSSR count). The van der Waals surface area contributed by atoms with Crippen LogP contribution in [0.2, 0.25) is 0 Å². The van der Waals surface area contributed by atoms with Crippen molar-refractivity contribution in [1.82, 2.24) is 9.97 Å². The Bertz CT molecular complexity index is 288. The van der Waals surface area contributed by atoms with E-state index in [0.717, 1.165) is 11.5 Å². The molecule has 0 amide bonds. The summed E-state index contributed by atoms with van der Waals surface area (Å²) in [4.78, 5) is 8.13. The van der Waals surface area contributed by atoms with Crippen LogP contribution < -0.4 is 10.6 Å². The lowest BCUT2D eigenvalue weighted by molar-refractivity contribution is 0.869. The number of aromatic nitrogens is 2. The van der Waals surface area contributed by atoms with Crippen LogP contribution in [0, 0.1) is 0 Å². The second kappa shape index (κ2) is 5.70. The summed E-state index contributed by atoms with van der Waals surface area (Å²) in [6.07, 6.45) is 1.71. The Morgan fingerprint density at radius 2 is 2.07 bits per heavy atom. The highest BCUT2D eigenvalue weighted by Crippen LogP contribution is 2.18. The molecule has 0 unspecified atom stereocenters. The van der Waals surface area contributed by atoms with Gasteiger partial charge in [0.25, 0.3) is 0 Å². The summed E-state index contributed by atoms with van der Waals surface area (Å²) in [6, 6.07) is 0.342. The quantitative estimate of drug-likeness (QED) is 0.533. The Balaban J connectivity index is 0.00000169. The maximum Gasteiger partial charge on any atom is 0.186 e. The van der Waals surface area contributed by atoms with Crippen molar-refractivity contribution in [3.8, 4) is 0 Å². The van der Waals surface area contributed by atoms with Gasteiger partial charge in [0.05, 0.1) is 11.9 Å². The molecular formula is C9H18N4S. The van der Waals surface area contributed by atoms with E-state index in [0.29, 0.717) is 11.2 Å². The molecule has 0 saturated carbocycles. The summed E-state index contributed by atoms with van der Waals surface area (Å²) < 4.78 is 0. The maximum absolute atomic E-state index is 4.16. The van der Waals surface area contributed by atoms with Gasteiger partial charge in [-0.3, -0.25) is 0 Å². The van der Waals surface area contributed by atoms with Crippen LogP contribution in [0.15, 0.2) is 11.4 Å². The summed E-state index contributed by atoms with van der Waals surface area (Å²) >= 11 is 4.07.